The van der Waals surface area contributed by atoms with Gasteiger partial charge in [0.2, 0.25) is 0 Å². The molecule has 0 atom stereocenters. The van der Waals surface area contributed by atoms with Crippen LogP contribution in [0.3, 0.4) is 0 Å². The highest BCUT2D eigenvalue weighted by atomic mass is 19.1. The summed E-state index contributed by atoms with van der Waals surface area (Å²) in [5.74, 6) is 0.160. The van der Waals surface area contributed by atoms with Crippen LogP contribution in [0.25, 0.3) is 22.3 Å². The van der Waals surface area contributed by atoms with Crippen molar-refractivity contribution < 1.29 is 9.13 Å². The van der Waals surface area contributed by atoms with Crippen molar-refractivity contribution in [3.63, 3.8) is 0 Å². The Balaban J connectivity index is 2.22. The van der Waals surface area contributed by atoms with Crippen molar-refractivity contribution in [3.05, 3.63) is 58.6 Å². The van der Waals surface area contributed by atoms with Crippen molar-refractivity contribution in [2.45, 2.75) is 0 Å². The number of pyridine rings is 2. The van der Waals surface area contributed by atoms with Gasteiger partial charge in [-0.3, -0.25) is 4.79 Å². The molecule has 0 spiro atoms. The molecule has 0 radical (unpaired) electrons. The largest absolute Gasteiger partial charge is 0.495 e. The number of hydrogen-bond donors (Lipinski definition) is 1. The number of aromatic amines is 1. The molecule has 5 heteroatoms. The van der Waals surface area contributed by atoms with E-state index in [1.54, 1.807) is 18.2 Å². The molecule has 2 aromatic heterocycles. The van der Waals surface area contributed by atoms with Gasteiger partial charge in [-0.2, -0.15) is 0 Å². The molecule has 1 aromatic carbocycles. The number of fused-ring (bicyclic) bond motifs is 1. The topological polar surface area (TPSA) is 55.0 Å². The molecule has 0 bridgehead atoms. The van der Waals surface area contributed by atoms with E-state index in [9.17, 15) is 9.18 Å². The molecule has 3 aromatic rings. The van der Waals surface area contributed by atoms with E-state index >= 15 is 0 Å². The van der Waals surface area contributed by atoms with Crippen molar-refractivity contribution in [1.29, 1.82) is 0 Å². The molecule has 1 N–H and O–H groups in total. The maximum atomic E-state index is 13.2. The minimum Gasteiger partial charge on any atom is -0.495 e. The van der Waals surface area contributed by atoms with Gasteiger partial charge in [-0.1, -0.05) is 12.1 Å². The number of rotatable bonds is 2. The van der Waals surface area contributed by atoms with Crippen molar-refractivity contribution in [2.75, 3.05) is 7.11 Å². The average molecular weight is 270 g/mol. The molecule has 0 saturated carbocycles. The first-order chi connectivity index (χ1) is 9.67. The molecule has 3 rings (SSSR count). The zero-order chi connectivity index (χ0) is 14.1. The Hall–Kier alpha value is -2.69. The second-order valence-electron chi connectivity index (χ2n) is 4.33. The van der Waals surface area contributed by atoms with Crippen LogP contribution in [0.5, 0.6) is 5.75 Å². The summed E-state index contributed by atoms with van der Waals surface area (Å²) < 4.78 is 18.3. The van der Waals surface area contributed by atoms with Crippen molar-refractivity contribution in [2.24, 2.45) is 0 Å². The second-order valence-corrected chi connectivity index (χ2v) is 4.33. The van der Waals surface area contributed by atoms with Gasteiger partial charge in [0.05, 0.1) is 24.4 Å². The molecular weight excluding hydrogens is 259 g/mol. The van der Waals surface area contributed by atoms with E-state index in [4.69, 9.17) is 4.74 Å². The Morgan fingerprint density at radius 2 is 2.10 bits per heavy atom. The third-order valence-electron chi connectivity index (χ3n) is 3.03. The lowest BCUT2D eigenvalue weighted by atomic mass is 10.1. The van der Waals surface area contributed by atoms with Gasteiger partial charge >= 0.3 is 0 Å². The minimum atomic E-state index is -0.355. The molecule has 2 heterocycles. The van der Waals surface area contributed by atoms with E-state index < -0.39 is 0 Å². The summed E-state index contributed by atoms with van der Waals surface area (Å²) in [4.78, 5) is 19.3. The number of ether oxygens (including phenoxy) is 1. The number of halogens is 1. The summed E-state index contributed by atoms with van der Waals surface area (Å²) in [5, 5.41) is 0.435. The van der Waals surface area contributed by atoms with Crippen molar-refractivity contribution in [3.8, 4) is 17.0 Å². The van der Waals surface area contributed by atoms with Gasteiger partial charge in [0.1, 0.15) is 17.2 Å². The molecule has 0 aliphatic heterocycles. The van der Waals surface area contributed by atoms with Crippen LogP contribution in [0.4, 0.5) is 4.39 Å². The first kappa shape index (κ1) is 12.3. The summed E-state index contributed by atoms with van der Waals surface area (Å²) in [5.41, 5.74) is 1.38. The fourth-order valence-electron chi connectivity index (χ4n) is 2.03. The fraction of sp³-hybridized carbons (Fsp3) is 0.0667. The second kappa shape index (κ2) is 4.77. The van der Waals surface area contributed by atoms with Crippen LogP contribution in [0.15, 0.2) is 47.4 Å². The number of aromatic nitrogens is 2. The Bertz CT molecular complexity index is 843. The summed E-state index contributed by atoms with van der Waals surface area (Å²) in [7, 11) is 1.51. The van der Waals surface area contributed by atoms with Crippen LogP contribution in [-0.4, -0.2) is 17.1 Å². The van der Waals surface area contributed by atoms with Crippen LogP contribution in [0, 0.1) is 5.82 Å². The highest BCUT2D eigenvalue weighted by molar-refractivity contribution is 5.79. The molecular formula is C15H11FN2O2. The van der Waals surface area contributed by atoms with Gasteiger partial charge in [-0.25, -0.2) is 9.37 Å². The molecule has 20 heavy (non-hydrogen) atoms. The third-order valence-corrected chi connectivity index (χ3v) is 3.03. The van der Waals surface area contributed by atoms with Crippen LogP contribution in [0.2, 0.25) is 0 Å². The first-order valence-corrected chi connectivity index (χ1v) is 6.00. The molecule has 0 fully saturated rings. The van der Waals surface area contributed by atoms with Gasteiger partial charge in [0.15, 0.2) is 5.43 Å². The van der Waals surface area contributed by atoms with Gasteiger partial charge in [0.25, 0.3) is 0 Å². The quantitative estimate of drug-likeness (QED) is 0.779. The molecule has 4 nitrogen and oxygen atoms in total. The lowest BCUT2D eigenvalue weighted by molar-refractivity contribution is 0.413. The number of H-pyrrole nitrogens is 1. The summed E-state index contributed by atoms with van der Waals surface area (Å²) in [6.45, 7) is 0. The standard InChI is InChI=1S/C15H11FN2O2/c1-20-11-6-12-14(19)7-13(18-15(12)17-8-11)9-3-2-4-10(16)5-9/h2-8H,1H3,(H,17,18,19). The zero-order valence-corrected chi connectivity index (χ0v) is 10.7. The van der Waals surface area contributed by atoms with Gasteiger partial charge in [-0.05, 0) is 18.2 Å². The highest BCUT2D eigenvalue weighted by Gasteiger charge is 2.07. The Labute approximate surface area is 113 Å². The fourth-order valence-corrected chi connectivity index (χ4v) is 2.03. The van der Waals surface area contributed by atoms with E-state index in [0.29, 0.717) is 28.0 Å². The van der Waals surface area contributed by atoms with Crippen LogP contribution < -0.4 is 10.2 Å². The summed E-state index contributed by atoms with van der Waals surface area (Å²) in [6.07, 6.45) is 1.52. The summed E-state index contributed by atoms with van der Waals surface area (Å²) in [6, 6.07) is 9.08. The van der Waals surface area contributed by atoms with Gasteiger partial charge < -0.3 is 9.72 Å². The van der Waals surface area contributed by atoms with E-state index in [1.807, 2.05) is 0 Å². The molecule has 0 aliphatic carbocycles. The van der Waals surface area contributed by atoms with Gasteiger partial charge in [-0.15, -0.1) is 0 Å². The van der Waals surface area contributed by atoms with Crippen LogP contribution in [0.1, 0.15) is 0 Å². The number of nitrogens with one attached hydrogen (secondary N) is 1. The van der Waals surface area contributed by atoms with Gasteiger partial charge in [0, 0.05) is 11.6 Å². The number of benzene rings is 1. The number of methoxy groups -OCH3 is 1. The van der Waals surface area contributed by atoms with Crippen molar-refractivity contribution >= 4 is 11.0 Å². The molecule has 0 aliphatic rings. The smallest absolute Gasteiger partial charge is 0.191 e. The van der Waals surface area contributed by atoms with Crippen molar-refractivity contribution in [1.82, 2.24) is 9.97 Å². The number of hydrogen-bond acceptors (Lipinski definition) is 3. The molecule has 100 valence electrons. The average Bonchev–Trinajstić information content (AvgIpc) is 2.47. The third kappa shape index (κ3) is 2.14. The van der Waals surface area contributed by atoms with E-state index in [0.717, 1.165) is 0 Å². The van der Waals surface area contributed by atoms with E-state index in [-0.39, 0.29) is 11.2 Å². The predicted octanol–water partition coefficient (Wildman–Crippen LogP) is 2.74. The Morgan fingerprint density at radius 1 is 1.25 bits per heavy atom. The zero-order valence-electron chi connectivity index (χ0n) is 10.7. The maximum absolute atomic E-state index is 13.2. The molecule has 0 unspecified atom stereocenters. The Morgan fingerprint density at radius 3 is 2.85 bits per heavy atom. The highest BCUT2D eigenvalue weighted by Crippen LogP contribution is 2.20. The van der Waals surface area contributed by atoms with Crippen LogP contribution >= 0.6 is 0 Å². The SMILES string of the molecule is COc1cnc2[nH]c(-c3cccc(F)c3)cc(=O)c2c1. The van der Waals surface area contributed by atoms with Crippen LogP contribution in [-0.2, 0) is 0 Å². The minimum absolute atomic E-state index is 0.190. The lowest BCUT2D eigenvalue weighted by Gasteiger charge is -2.05. The van der Waals surface area contributed by atoms with E-state index in [1.165, 1.54) is 31.5 Å². The van der Waals surface area contributed by atoms with E-state index in [2.05, 4.69) is 9.97 Å². The summed E-state index contributed by atoms with van der Waals surface area (Å²) >= 11 is 0. The monoisotopic (exact) mass is 270 g/mol. The molecule has 0 saturated heterocycles. The maximum Gasteiger partial charge on any atom is 0.191 e. The molecule has 0 amide bonds. The first-order valence-electron chi connectivity index (χ1n) is 6.00. The lowest BCUT2D eigenvalue weighted by Crippen LogP contribution is -2.04. The predicted molar refractivity (Wildman–Crippen MR) is 74.3 cm³/mol. The number of nitrogens with zero attached hydrogens (tertiary/aromatic N) is 1. The normalized spacial score (nSPS) is 10.7. The Kier molecular flexibility index (Phi) is 2.95.